The second-order valence-corrected chi connectivity index (χ2v) is 5.82. The molecule has 2 aromatic heterocycles. The number of carboxylic acid groups (broad SMARTS) is 1. The Kier molecular flexibility index (Phi) is 4.66. The number of carbonyl (C=O) groups is 1. The van der Waals surface area contributed by atoms with Crippen LogP contribution in [0.1, 0.15) is 15.9 Å². The molecule has 24 heavy (non-hydrogen) atoms. The number of hydrogen-bond acceptors (Lipinski definition) is 6. The number of aryl methyl sites for hydroxylation is 1. The molecule has 0 atom stereocenters. The number of ether oxygens (including phenoxy) is 1. The summed E-state index contributed by atoms with van der Waals surface area (Å²) in [7, 11) is 3.35. The van der Waals surface area contributed by atoms with Crippen molar-refractivity contribution in [2.45, 2.75) is 6.54 Å². The standard InChI is InChI=1S/C16H21N5O3/c1-19-10-12(9-17-19)11-20-5-7-21(8-6-20)14-4-3-13(16(22)23)15(18-14)24-2/h3-4,9-10H,5-8,11H2,1-2H3,(H,22,23). The van der Waals surface area contributed by atoms with Gasteiger partial charge >= 0.3 is 5.97 Å². The molecule has 8 heteroatoms. The van der Waals surface area contributed by atoms with Gasteiger partial charge in [-0.05, 0) is 12.1 Å². The summed E-state index contributed by atoms with van der Waals surface area (Å²) in [5.74, 6) is -0.136. The second-order valence-electron chi connectivity index (χ2n) is 5.82. The van der Waals surface area contributed by atoms with Crippen molar-refractivity contribution < 1.29 is 14.6 Å². The normalized spacial score (nSPS) is 15.5. The third kappa shape index (κ3) is 3.48. The van der Waals surface area contributed by atoms with Gasteiger partial charge in [-0.2, -0.15) is 10.1 Å². The monoisotopic (exact) mass is 331 g/mol. The average Bonchev–Trinajstić information content (AvgIpc) is 2.99. The first kappa shape index (κ1) is 16.3. The van der Waals surface area contributed by atoms with Gasteiger partial charge < -0.3 is 14.7 Å². The number of aromatic nitrogens is 3. The number of nitrogens with zero attached hydrogens (tertiary/aromatic N) is 5. The summed E-state index contributed by atoms with van der Waals surface area (Å²) < 4.78 is 6.91. The predicted molar refractivity (Wildman–Crippen MR) is 88.4 cm³/mol. The fourth-order valence-electron chi connectivity index (χ4n) is 2.87. The van der Waals surface area contributed by atoms with Crippen LogP contribution in [-0.2, 0) is 13.6 Å². The maximum absolute atomic E-state index is 11.1. The molecule has 8 nitrogen and oxygen atoms in total. The van der Waals surface area contributed by atoms with E-state index in [-0.39, 0.29) is 11.4 Å². The lowest BCUT2D eigenvalue weighted by atomic mass is 10.2. The summed E-state index contributed by atoms with van der Waals surface area (Å²) in [4.78, 5) is 20.0. The van der Waals surface area contributed by atoms with E-state index in [0.717, 1.165) is 38.5 Å². The van der Waals surface area contributed by atoms with Crippen molar-refractivity contribution >= 4 is 11.8 Å². The molecule has 0 amide bonds. The van der Waals surface area contributed by atoms with Crippen LogP contribution in [0.25, 0.3) is 0 Å². The minimum atomic E-state index is -1.04. The lowest BCUT2D eigenvalue weighted by Crippen LogP contribution is -2.46. The van der Waals surface area contributed by atoms with E-state index >= 15 is 0 Å². The molecule has 1 saturated heterocycles. The smallest absolute Gasteiger partial charge is 0.341 e. The van der Waals surface area contributed by atoms with E-state index in [2.05, 4.69) is 19.9 Å². The first-order chi connectivity index (χ1) is 11.6. The summed E-state index contributed by atoms with van der Waals surface area (Å²) in [6.45, 7) is 4.39. The van der Waals surface area contributed by atoms with Gasteiger partial charge in [-0.1, -0.05) is 0 Å². The summed E-state index contributed by atoms with van der Waals surface area (Å²) in [6.07, 6.45) is 3.92. The third-order valence-electron chi connectivity index (χ3n) is 4.13. The van der Waals surface area contributed by atoms with Crippen LogP contribution >= 0.6 is 0 Å². The minimum absolute atomic E-state index is 0.0801. The van der Waals surface area contributed by atoms with Gasteiger partial charge in [-0.15, -0.1) is 0 Å². The molecular weight excluding hydrogens is 310 g/mol. The molecular formula is C16H21N5O3. The van der Waals surface area contributed by atoms with Crippen LogP contribution in [0, 0.1) is 0 Å². The van der Waals surface area contributed by atoms with E-state index < -0.39 is 5.97 Å². The number of aromatic carboxylic acids is 1. The zero-order valence-electron chi connectivity index (χ0n) is 13.8. The first-order valence-corrected chi connectivity index (χ1v) is 7.80. The van der Waals surface area contributed by atoms with Crippen molar-refractivity contribution in [1.29, 1.82) is 0 Å². The van der Waals surface area contributed by atoms with Crippen LogP contribution in [0.3, 0.4) is 0 Å². The highest BCUT2D eigenvalue weighted by atomic mass is 16.5. The number of hydrogen-bond donors (Lipinski definition) is 1. The molecule has 1 aliphatic heterocycles. The van der Waals surface area contributed by atoms with Crippen molar-refractivity contribution in [2.75, 3.05) is 38.2 Å². The van der Waals surface area contributed by atoms with Crippen molar-refractivity contribution in [1.82, 2.24) is 19.7 Å². The van der Waals surface area contributed by atoms with Gasteiger partial charge in [0.1, 0.15) is 11.4 Å². The number of pyridine rings is 1. The van der Waals surface area contributed by atoms with Crippen molar-refractivity contribution in [3.05, 3.63) is 35.7 Å². The Morgan fingerprint density at radius 2 is 2.04 bits per heavy atom. The molecule has 2 aromatic rings. The minimum Gasteiger partial charge on any atom is -0.480 e. The molecule has 0 saturated carbocycles. The largest absolute Gasteiger partial charge is 0.480 e. The van der Waals surface area contributed by atoms with Gasteiger partial charge in [-0.3, -0.25) is 9.58 Å². The fraction of sp³-hybridized carbons (Fsp3) is 0.438. The topological polar surface area (TPSA) is 83.7 Å². The van der Waals surface area contributed by atoms with Crippen LogP contribution in [0.2, 0.25) is 0 Å². The highest BCUT2D eigenvalue weighted by Gasteiger charge is 2.21. The average molecular weight is 331 g/mol. The molecule has 128 valence electrons. The van der Waals surface area contributed by atoms with Gasteiger partial charge in [-0.25, -0.2) is 4.79 Å². The molecule has 0 unspecified atom stereocenters. The maximum Gasteiger partial charge on any atom is 0.341 e. The number of rotatable bonds is 5. The summed E-state index contributed by atoms with van der Waals surface area (Å²) >= 11 is 0. The lowest BCUT2D eigenvalue weighted by molar-refractivity contribution is 0.0692. The van der Waals surface area contributed by atoms with Gasteiger partial charge in [0, 0.05) is 51.5 Å². The van der Waals surface area contributed by atoms with Crippen LogP contribution in [0.15, 0.2) is 24.5 Å². The Morgan fingerprint density at radius 3 is 2.62 bits per heavy atom. The summed E-state index contributed by atoms with van der Waals surface area (Å²) in [5, 5.41) is 13.3. The first-order valence-electron chi connectivity index (χ1n) is 7.80. The molecule has 0 radical (unpaired) electrons. The van der Waals surface area contributed by atoms with Crippen LogP contribution < -0.4 is 9.64 Å². The Bertz CT molecular complexity index is 722. The molecule has 0 aromatic carbocycles. The van der Waals surface area contributed by atoms with Gasteiger partial charge in [0.2, 0.25) is 5.88 Å². The SMILES string of the molecule is COc1nc(N2CCN(Cc3cnn(C)c3)CC2)ccc1C(=O)O. The molecule has 1 aliphatic rings. The Morgan fingerprint density at radius 1 is 1.29 bits per heavy atom. The van der Waals surface area contributed by atoms with Crippen LogP contribution in [-0.4, -0.2) is 64.0 Å². The summed E-state index contributed by atoms with van der Waals surface area (Å²) in [6, 6.07) is 3.29. The van der Waals surface area contributed by atoms with Crippen molar-refractivity contribution in [2.24, 2.45) is 7.05 Å². The molecule has 3 rings (SSSR count). The Labute approximate surface area is 140 Å². The summed E-state index contributed by atoms with van der Waals surface area (Å²) in [5.41, 5.74) is 1.29. The number of methoxy groups -OCH3 is 1. The van der Waals surface area contributed by atoms with Gasteiger partial charge in [0.25, 0.3) is 0 Å². The highest BCUT2D eigenvalue weighted by molar-refractivity contribution is 5.90. The maximum atomic E-state index is 11.1. The van der Waals surface area contributed by atoms with E-state index in [0.29, 0.717) is 0 Å². The fourth-order valence-corrected chi connectivity index (χ4v) is 2.87. The van der Waals surface area contributed by atoms with Gasteiger partial charge in [0.05, 0.1) is 13.3 Å². The molecule has 1 fully saturated rings. The number of piperazine rings is 1. The Hall–Kier alpha value is -2.61. The highest BCUT2D eigenvalue weighted by Crippen LogP contribution is 2.22. The van der Waals surface area contributed by atoms with Crippen LogP contribution in [0.5, 0.6) is 5.88 Å². The van der Waals surface area contributed by atoms with E-state index in [1.54, 1.807) is 12.1 Å². The van der Waals surface area contributed by atoms with E-state index in [9.17, 15) is 4.79 Å². The molecule has 3 heterocycles. The third-order valence-corrected chi connectivity index (χ3v) is 4.13. The zero-order valence-corrected chi connectivity index (χ0v) is 13.8. The number of carboxylic acids is 1. The van der Waals surface area contributed by atoms with Crippen molar-refractivity contribution in [3.8, 4) is 5.88 Å². The Balaban J connectivity index is 1.63. The molecule has 0 aliphatic carbocycles. The zero-order chi connectivity index (χ0) is 17.1. The molecule has 1 N–H and O–H groups in total. The van der Waals surface area contributed by atoms with Gasteiger partial charge in [0.15, 0.2) is 0 Å². The molecule has 0 spiro atoms. The van der Waals surface area contributed by atoms with Crippen LogP contribution in [0.4, 0.5) is 5.82 Å². The second kappa shape index (κ2) is 6.88. The van der Waals surface area contributed by atoms with E-state index in [1.807, 2.05) is 24.1 Å². The van der Waals surface area contributed by atoms with E-state index in [4.69, 9.17) is 9.84 Å². The predicted octanol–water partition coefficient (Wildman–Crippen LogP) is 0.844. The van der Waals surface area contributed by atoms with Crippen molar-refractivity contribution in [3.63, 3.8) is 0 Å². The number of anilines is 1. The quantitative estimate of drug-likeness (QED) is 0.869. The lowest BCUT2D eigenvalue weighted by Gasteiger charge is -2.35. The molecule has 0 bridgehead atoms. The van der Waals surface area contributed by atoms with E-state index in [1.165, 1.54) is 12.7 Å².